The molecule has 1 saturated heterocycles. The van der Waals surface area contributed by atoms with Crippen molar-refractivity contribution in [1.82, 2.24) is 10.2 Å². The van der Waals surface area contributed by atoms with Gasteiger partial charge in [0.25, 0.3) is 0 Å². The van der Waals surface area contributed by atoms with Crippen LogP contribution >= 0.6 is 0 Å². The Hall–Kier alpha value is -1.59. The number of nitrogens with zero attached hydrogens (tertiary/aromatic N) is 1. The average Bonchev–Trinajstić information content (AvgIpc) is 2.95. The van der Waals surface area contributed by atoms with Crippen LogP contribution in [0.4, 0.5) is 0 Å². The van der Waals surface area contributed by atoms with E-state index >= 15 is 0 Å². The van der Waals surface area contributed by atoms with Crippen LogP contribution in [0.1, 0.15) is 52.4 Å². The SMILES string of the molecule is CCCCCC(=O)N1CCC[C@H]1C(=O)NCC(=O)OCC. The highest BCUT2D eigenvalue weighted by molar-refractivity contribution is 5.90. The monoisotopic (exact) mass is 298 g/mol. The Morgan fingerprint density at radius 3 is 2.67 bits per heavy atom. The Bertz CT molecular complexity index is 371. The van der Waals surface area contributed by atoms with Crippen molar-refractivity contribution in [3.05, 3.63) is 0 Å². The minimum absolute atomic E-state index is 0.0391. The van der Waals surface area contributed by atoms with Crippen molar-refractivity contribution in [3.63, 3.8) is 0 Å². The molecule has 1 fully saturated rings. The van der Waals surface area contributed by atoms with E-state index in [1.54, 1.807) is 11.8 Å². The minimum atomic E-state index is -0.454. The molecule has 120 valence electrons. The first-order chi connectivity index (χ1) is 10.1. The van der Waals surface area contributed by atoms with Gasteiger partial charge in [0.05, 0.1) is 6.61 Å². The van der Waals surface area contributed by atoms with Gasteiger partial charge in [-0.2, -0.15) is 0 Å². The lowest BCUT2D eigenvalue weighted by Crippen LogP contribution is -2.47. The zero-order valence-corrected chi connectivity index (χ0v) is 13.0. The van der Waals surface area contributed by atoms with Crippen molar-refractivity contribution >= 4 is 17.8 Å². The molecule has 1 rings (SSSR count). The number of carbonyl (C=O) groups is 3. The Morgan fingerprint density at radius 1 is 1.24 bits per heavy atom. The molecule has 0 aromatic heterocycles. The molecule has 0 saturated carbocycles. The van der Waals surface area contributed by atoms with E-state index in [2.05, 4.69) is 12.2 Å². The second-order valence-corrected chi connectivity index (χ2v) is 5.23. The Morgan fingerprint density at radius 2 is 2.00 bits per heavy atom. The first-order valence-corrected chi connectivity index (χ1v) is 7.83. The fourth-order valence-corrected chi connectivity index (χ4v) is 2.50. The molecular formula is C15H26N2O4. The summed E-state index contributed by atoms with van der Waals surface area (Å²) in [6.45, 7) is 4.59. The molecule has 2 amide bonds. The molecule has 1 aliphatic rings. The summed E-state index contributed by atoms with van der Waals surface area (Å²) in [4.78, 5) is 37.1. The summed E-state index contributed by atoms with van der Waals surface area (Å²) < 4.78 is 4.76. The van der Waals surface area contributed by atoms with Gasteiger partial charge < -0.3 is 15.0 Å². The third-order valence-electron chi connectivity index (χ3n) is 3.58. The highest BCUT2D eigenvalue weighted by atomic mass is 16.5. The van der Waals surface area contributed by atoms with Gasteiger partial charge in [-0.15, -0.1) is 0 Å². The number of carbonyl (C=O) groups excluding carboxylic acids is 3. The van der Waals surface area contributed by atoms with Crippen LogP contribution in [0.5, 0.6) is 0 Å². The summed E-state index contributed by atoms with van der Waals surface area (Å²) in [5.41, 5.74) is 0. The lowest BCUT2D eigenvalue weighted by molar-refractivity contribution is -0.144. The van der Waals surface area contributed by atoms with Gasteiger partial charge in [0.2, 0.25) is 11.8 Å². The predicted molar refractivity (Wildman–Crippen MR) is 78.5 cm³/mol. The molecule has 0 aliphatic carbocycles. The predicted octanol–water partition coefficient (Wildman–Crippen LogP) is 1.24. The largest absolute Gasteiger partial charge is 0.465 e. The molecule has 1 N–H and O–H groups in total. The second kappa shape index (κ2) is 9.37. The van der Waals surface area contributed by atoms with E-state index in [9.17, 15) is 14.4 Å². The average molecular weight is 298 g/mol. The number of unbranched alkanes of at least 4 members (excludes halogenated alkanes) is 2. The Balaban J connectivity index is 2.42. The number of nitrogens with one attached hydrogen (secondary N) is 1. The topological polar surface area (TPSA) is 75.7 Å². The molecule has 6 heteroatoms. The molecule has 0 aromatic carbocycles. The quantitative estimate of drug-likeness (QED) is 0.540. The van der Waals surface area contributed by atoms with Gasteiger partial charge in [-0.25, -0.2) is 0 Å². The van der Waals surface area contributed by atoms with E-state index in [1.807, 2.05) is 0 Å². The van der Waals surface area contributed by atoms with Gasteiger partial charge >= 0.3 is 5.97 Å². The third-order valence-corrected chi connectivity index (χ3v) is 3.58. The van der Waals surface area contributed by atoms with Crippen molar-refractivity contribution in [2.24, 2.45) is 0 Å². The first-order valence-electron chi connectivity index (χ1n) is 7.83. The van der Waals surface area contributed by atoms with Crippen LogP contribution in [0, 0.1) is 0 Å². The van der Waals surface area contributed by atoms with E-state index in [0.29, 0.717) is 26.0 Å². The molecular weight excluding hydrogens is 272 g/mol. The van der Waals surface area contributed by atoms with Crippen LogP contribution in [0.3, 0.4) is 0 Å². The maximum absolute atomic E-state index is 12.1. The summed E-state index contributed by atoms with van der Waals surface area (Å²) in [6.07, 6.45) is 4.94. The van der Waals surface area contributed by atoms with E-state index in [-0.39, 0.29) is 18.4 Å². The summed E-state index contributed by atoms with van der Waals surface area (Å²) in [6, 6.07) is -0.437. The van der Waals surface area contributed by atoms with Gasteiger partial charge in [-0.05, 0) is 26.2 Å². The summed E-state index contributed by atoms with van der Waals surface area (Å²) in [7, 11) is 0. The van der Waals surface area contributed by atoms with Crippen LogP contribution < -0.4 is 5.32 Å². The molecule has 6 nitrogen and oxygen atoms in total. The molecule has 1 heterocycles. The minimum Gasteiger partial charge on any atom is -0.465 e. The maximum atomic E-state index is 12.1. The lowest BCUT2D eigenvalue weighted by atomic mass is 10.1. The number of likely N-dealkylation sites (tertiary alicyclic amines) is 1. The third kappa shape index (κ3) is 5.73. The standard InChI is InChI=1S/C15H26N2O4/c1-3-5-6-9-13(18)17-10-7-8-12(17)15(20)16-11-14(19)21-4-2/h12H,3-11H2,1-2H3,(H,16,20)/t12-/m0/s1. The number of rotatable bonds is 8. The molecule has 0 spiro atoms. The highest BCUT2D eigenvalue weighted by Gasteiger charge is 2.33. The second-order valence-electron chi connectivity index (χ2n) is 5.23. The van der Waals surface area contributed by atoms with Crippen molar-refractivity contribution in [3.8, 4) is 0 Å². The van der Waals surface area contributed by atoms with Crippen molar-refractivity contribution < 1.29 is 19.1 Å². The first kappa shape index (κ1) is 17.5. The van der Waals surface area contributed by atoms with Gasteiger partial charge in [-0.1, -0.05) is 19.8 Å². The van der Waals surface area contributed by atoms with Crippen molar-refractivity contribution in [2.45, 2.75) is 58.4 Å². The number of hydrogen-bond donors (Lipinski definition) is 1. The number of hydrogen-bond acceptors (Lipinski definition) is 4. The Kier molecular flexibility index (Phi) is 7.79. The summed E-state index contributed by atoms with van der Waals surface area (Å²) >= 11 is 0. The Labute approximate surface area is 126 Å². The zero-order chi connectivity index (χ0) is 15.7. The van der Waals surface area contributed by atoms with Crippen LogP contribution in [-0.2, 0) is 19.1 Å². The van der Waals surface area contributed by atoms with Gasteiger partial charge in [0.1, 0.15) is 12.6 Å². The molecule has 1 atom stereocenters. The van der Waals surface area contributed by atoms with Gasteiger partial charge in [0.15, 0.2) is 0 Å². The van der Waals surface area contributed by atoms with Crippen LogP contribution in [-0.4, -0.2) is 48.4 Å². The maximum Gasteiger partial charge on any atom is 0.325 e. The van der Waals surface area contributed by atoms with Gasteiger partial charge in [0, 0.05) is 13.0 Å². The van der Waals surface area contributed by atoms with Crippen LogP contribution in [0.25, 0.3) is 0 Å². The fourth-order valence-electron chi connectivity index (χ4n) is 2.50. The van der Waals surface area contributed by atoms with E-state index in [4.69, 9.17) is 4.74 Å². The number of esters is 1. The molecule has 0 radical (unpaired) electrons. The molecule has 0 unspecified atom stereocenters. The smallest absolute Gasteiger partial charge is 0.325 e. The zero-order valence-electron chi connectivity index (χ0n) is 13.0. The van der Waals surface area contributed by atoms with Crippen LogP contribution in [0.15, 0.2) is 0 Å². The number of amides is 2. The summed E-state index contributed by atoms with van der Waals surface area (Å²) in [5.74, 6) is -0.675. The molecule has 0 bridgehead atoms. The van der Waals surface area contributed by atoms with E-state index < -0.39 is 12.0 Å². The van der Waals surface area contributed by atoms with Crippen molar-refractivity contribution in [2.75, 3.05) is 19.7 Å². The van der Waals surface area contributed by atoms with Crippen molar-refractivity contribution in [1.29, 1.82) is 0 Å². The summed E-state index contributed by atoms with van der Waals surface area (Å²) in [5, 5.41) is 2.55. The highest BCUT2D eigenvalue weighted by Crippen LogP contribution is 2.19. The van der Waals surface area contributed by atoms with Crippen LogP contribution in [0.2, 0.25) is 0 Å². The molecule has 0 aromatic rings. The normalized spacial score (nSPS) is 17.6. The molecule has 1 aliphatic heterocycles. The van der Waals surface area contributed by atoms with E-state index in [0.717, 1.165) is 25.7 Å². The fraction of sp³-hybridized carbons (Fsp3) is 0.800. The lowest BCUT2D eigenvalue weighted by Gasteiger charge is -2.23. The number of ether oxygens (including phenoxy) is 1. The van der Waals surface area contributed by atoms with E-state index in [1.165, 1.54) is 0 Å². The molecule has 21 heavy (non-hydrogen) atoms. The van der Waals surface area contributed by atoms with Gasteiger partial charge in [-0.3, -0.25) is 14.4 Å².